The van der Waals surface area contributed by atoms with Gasteiger partial charge in [0, 0.05) is 11.1 Å². The third-order valence-electron chi connectivity index (χ3n) is 3.93. The Hall–Kier alpha value is -2.58. The van der Waals surface area contributed by atoms with E-state index in [4.69, 9.17) is 11.6 Å². The number of halogens is 1. The van der Waals surface area contributed by atoms with Crippen molar-refractivity contribution in [3.8, 4) is 0 Å². The Balaban J connectivity index is 1.67. The van der Waals surface area contributed by atoms with E-state index in [1.807, 2.05) is 31.2 Å². The number of hydrogen-bond donors (Lipinski definition) is 1. The molecule has 0 aromatic heterocycles. The van der Waals surface area contributed by atoms with Crippen molar-refractivity contribution in [1.29, 1.82) is 0 Å². The molecule has 0 unspecified atom stereocenters. The molecule has 1 atom stereocenters. The van der Waals surface area contributed by atoms with E-state index < -0.39 is 0 Å². The van der Waals surface area contributed by atoms with Crippen molar-refractivity contribution < 1.29 is 4.79 Å². The summed E-state index contributed by atoms with van der Waals surface area (Å²) in [6, 6.07) is 21.7. The topological polar surface area (TPSA) is 29.1 Å². The Morgan fingerprint density at radius 1 is 1.00 bits per heavy atom. The van der Waals surface area contributed by atoms with Crippen LogP contribution in [0.2, 0.25) is 5.02 Å². The molecule has 120 valence electrons. The maximum atomic E-state index is 12.1. The van der Waals surface area contributed by atoms with E-state index in [0.29, 0.717) is 5.02 Å². The van der Waals surface area contributed by atoms with Crippen LogP contribution in [0, 0.1) is 0 Å². The van der Waals surface area contributed by atoms with Gasteiger partial charge in [0.2, 0.25) is 5.91 Å². The first-order valence-corrected chi connectivity index (χ1v) is 8.22. The molecule has 3 aromatic rings. The van der Waals surface area contributed by atoms with Gasteiger partial charge in [-0.2, -0.15) is 0 Å². The SMILES string of the molecule is C[C@@H](NC(=O)/C=C/c1ccc(Cl)cc1)c1ccc2ccccc2c1. The predicted octanol–water partition coefficient (Wildman–Crippen LogP) is 5.38. The van der Waals surface area contributed by atoms with Crippen molar-refractivity contribution in [2.75, 3.05) is 0 Å². The monoisotopic (exact) mass is 335 g/mol. The van der Waals surface area contributed by atoms with Crippen LogP contribution in [0.25, 0.3) is 16.8 Å². The average Bonchev–Trinajstić information content (AvgIpc) is 2.61. The summed E-state index contributed by atoms with van der Waals surface area (Å²) in [6.45, 7) is 1.98. The molecule has 0 spiro atoms. The molecule has 0 aliphatic carbocycles. The minimum absolute atomic E-state index is 0.0584. The molecule has 3 aromatic carbocycles. The molecule has 0 heterocycles. The summed E-state index contributed by atoms with van der Waals surface area (Å²) in [4.78, 5) is 12.1. The zero-order valence-electron chi connectivity index (χ0n) is 13.4. The molecule has 3 rings (SSSR count). The lowest BCUT2D eigenvalue weighted by molar-refractivity contribution is -0.117. The van der Waals surface area contributed by atoms with Gasteiger partial charge >= 0.3 is 0 Å². The molecular weight excluding hydrogens is 318 g/mol. The zero-order chi connectivity index (χ0) is 16.9. The Morgan fingerprint density at radius 2 is 1.71 bits per heavy atom. The van der Waals surface area contributed by atoms with E-state index in [9.17, 15) is 4.79 Å². The predicted molar refractivity (Wildman–Crippen MR) is 101 cm³/mol. The number of nitrogens with one attached hydrogen (secondary N) is 1. The van der Waals surface area contributed by atoms with Gasteiger partial charge in [-0.15, -0.1) is 0 Å². The molecule has 0 aliphatic heterocycles. The number of fused-ring (bicyclic) bond motifs is 1. The Morgan fingerprint density at radius 3 is 2.46 bits per heavy atom. The molecule has 2 nitrogen and oxygen atoms in total. The molecule has 3 heteroatoms. The first kappa shape index (κ1) is 16.3. The number of carbonyl (C=O) groups excluding carboxylic acids is 1. The Labute approximate surface area is 146 Å². The quantitative estimate of drug-likeness (QED) is 0.637. The van der Waals surface area contributed by atoms with E-state index in [-0.39, 0.29) is 11.9 Å². The van der Waals surface area contributed by atoms with Gasteiger partial charge in [0.15, 0.2) is 0 Å². The molecule has 1 N–H and O–H groups in total. The summed E-state index contributed by atoms with van der Waals surface area (Å²) in [5.74, 6) is -0.120. The van der Waals surface area contributed by atoms with Crippen LogP contribution in [0.5, 0.6) is 0 Å². The van der Waals surface area contributed by atoms with Gasteiger partial charge in [0.1, 0.15) is 0 Å². The highest BCUT2D eigenvalue weighted by Crippen LogP contribution is 2.20. The summed E-state index contributed by atoms with van der Waals surface area (Å²) in [6.07, 6.45) is 3.32. The Kier molecular flexibility index (Phi) is 4.97. The minimum Gasteiger partial charge on any atom is -0.346 e. The summed E-state index contributed by atoms with van der Waals surface area (Å²) >= 11 is 5.85. The van der Waals surface area contributed by atoms with Crippen molar-refractivity contribution in [3.05, 3.63) is 89.0 Å². The lowest BCUT2D eigenvalue weighted by atomic mass is 10.0. The van der Waals surface area contributed by atoms with E-state index >= 15 is 0 Å². The van der Waals surface area contributed by atoms with Crippen molar-refractivity contribution in [2.24, 2.45) is 0 Å². The third-order valence-corrected chi connectivity index (χ3v) is 4.18. The zero-order valence-corrected chi connectivity index (χ0v) is 14.1. The lowest BCUT2D eigenvalue weighted by Crippen LogP contribution is -2.24. The van der Waals surface area contributed by atoms with E-state index in [2.05, 4.69) is 35.6 Å². The number of rotatable bonds is 4. The van der Waals surface area contributed by atoms with Crippen LogP contribution in [-0.2, 0) is 4.79 Å². The maximum absolute atomic E-state index is 12.1. The summed E-state index contributed by atoms with van der Waals surface area (Å²) < 4.78 is 0. The number of carbonyl (C=O) groups is 1. The van der Waals surface area contributed by atoms with Gasteiger partial charge in [-0.1, -0.05) is 60.1 Å². The number of amides is 1. The fourth-order valence-electron chi connectivity index (χ4n) is 2.57. The summed E-state index contributed by atoms with van der Waals surface area (Å²) in [7, 11) is 0. The van der Waals surface area contributed by atoms with Crippen LogP contribution in [0.1, 0.15) is 24.1 Å². The van der Waals surface area contributed by atoms with E-state index in [1.54, 1.807) is 24.3 Å². The van der Waals surface area contributed by atoms with Crippen LogP contribution < -0.4 is 5.32 Å². The molecule has 1 amide bonds. The molecule has 0 aliphatic rings. The second kappa shape index (κ2) is 7.33. The maximum Gasteiger partial charge on any atom is 0.244 e. The van der Waals surface area contributed by atoms with E-state index in [0.717, 1.165) is 11.1 Å². The first-order chi connectivity index (χ1) is 11.6. The van der Waals surface area contributed by atoms with Gasteiger partial charge in [-0.25, -0.2) is 0 Å². The van der Waals surface area contributed by atoms with Crippen LogP contribution in [-0.4, -0.2) is 5.91 Å². The van der Waals surface area contributed by atoms with Crippen molar-refractivity contribution >= 4 is 34.4 Å². The summed E-state index contributed by atoms with van der Waals surface area (Å²) in [5, 5.41) is 6.04. The number of benzene rings is 3. The highest BCUT2D eigenvalue weighted by atomic mass is 35.5. The molecule has 0 bridgehead atoms. The molecule has 0 saturated heterocycles. The van der Waals surface area contributed by atoms with Crippen LogP contribution in [0.3, 0.4) is 0 Å². The van der Waals surface area contributed by atoms with Crippen LogP contribution >= 0.6 is 11.6 Å². The highest BCUT2D eigenvalue weighted by Gasteiger charge is 2.08. The normalized spacial score (nSPS) is 12.4. The van der Waals surface area contributed by atoms with Gasteiger partial charge in [0.05, 0.1) is 6.04 Å². The van der Waals surface area contributed by atoms with E-state index in [1.165, 1.54) is 10.8 Å². The smallest absolute Gasteiger partial charge is 0.244 e. The lowest BCUT2D eigenvalue weighted by Gasteiger charge is -2.13. The molecule has 0 saturated carbocycles. The van der Waals surface area contributed by atoms with Gasteiger partial charge in [-0.3, -0.25) is 4.79 Å². The molecule has 24 heavy (non-hydrogen) atoms. The molecule has 0 fully saturated rings. The minimum atomic E-state index is -0.120. The standard InChI is InChI=1S/C21H18ClNO/c1-15(18-10-9-17-4-2-3-5-19(17)14-18)23-21(24)13-8-16-6-11-20(22)12-7-16/h2-15H,1H3,(H,23,24)/b13-8+/t15-/m1/s1. The fourth-order valence-corrected chi connectivity index (χ4v) is 2.69. The van der Waals surface area contributed by atoms with Crippen molar-refractivity contribution in [2.45, 2.75) is 13.0 Å². The van der Waals surface area contributed by atoms with Crippen molar-refractivity contribution in [1.82, 2.24) is 5.32 Å². The van der Waals surface area contributed by atoms with Gasteiger partial charge < -0.3 is 5.32 Å². The molecular formula is C21H18ClNO. The number of hydrogen-bond acceptors (Lipinski definition) is 1. The fraction of sp³-hybridized carbons (Fsp3) is 0.0952. The highest BCUT2D eigenvalue weighted by molar-refractivity contribution is 6.30. The average molecular weight is 336 g/mol. The van der Waals surface area contributed by atoms with Crippen LogP contribution in [0.4, 0.5) is 0 Å². The third kappa shape index (κ3) is 4.03. The van der Waals surface area contributed by atoms with Crippen LogP contribution in [0.15, 0.2) is 72.8 Å². The second-order valence-electron chi connectivity index (χ2n) is 5.72. The molecule has 0 radical (unpaired) electrons. The second-order valence-corrected chi connectivity index (χ2v) is 6.16. The van der Waals surface area contributed by atoms with Gasteiger partial charge in [-0.05, 0) is 53.1 Å². The van der Waals surface area contributed by atoms with Crippen molar-refractivity contribution in [3.63, 3.8) is 0 Å². The van der Waals surface area contributed by atoms with Gasteiger partial charge in [0.25, 0.3) is 0 Å². The summed E-state index contributed by atoms with van der Waals surface area (Å²) in [5.41, 5.74) is 2.02. The Bertz CT molecular complexity index is 884. The first-order valence-electron chi connectivity index (χ1n) is 7.85. The largest absolute Gasteiger partial charge is 0.346 e.